The number of hydrogen-bond acceptors (Lipinski definition) is 4. The lowest BCUT2D eigenvalue weighted by Gasteiger charge is -2.27. The lowest BCUT2D eigenvalue weighted by Crippen LogP contribution is -2.36. The third kappa shape index (κ3) is 4.12. The highest BCUT2D eigenvalue weighted by Gasteiger charge is 2.18. The van der Waals surface area contributed by atoms with Crippen molar-refractivity contribution in [2.24, 2.45) is 10.7 Å². The van der Waals surface area contributed by atoms with Gasteiger partial charge in [0.25, 0.3) is 0 Å². The Kier molecular flexibility index (Phi) is 5.71. The molecule has 0 unspecified atom stereocenters. The van der Waals surface area contributed by atoms with Crippen LogP contribution in [0.5, 0.6) is 0 Å². The molecule has 26 heavy (non-hydrogen) atoms. The van der Waals surface area contributed by atoms with Crippen LogP contribution >= 0.6 is 0 Å². The van der Waals surface area contributed by atoms with Gasteiger partial charge in [0.1, 0.15) is 5.84 Å². The maximum Gasteiger partial charge on any atom is 0.130 e. The molecule has 0 fully saturated rings. The van der Waals surface area contributed by atoms with E-state index in [1.54, 1.807) is 0 Å². The molecule has 0 aliphatic carbocycles. The van der Waals surface area contributed by atoms with Gasteiger partial charge in [0.2, 0.25) is 0 Å². The van der Waals surface area contributed by atoms with Gasteiger partial charge in [0.15, 0.2) is 0 Å². The number of aliphatic hydroxyl groups is 1. The Hall–Kier alpha value is -2.63. The van der Waals surface area contributed by atoms with Crippen LogP contribution < -0.4 is 11.1 Å². The number of nitrogens with one attached hydrogen (secondary N) is 1. The molecule has 0 saturated heterocycles. The number of aliphatic hydroxyl groups excluding tert-OH is 1. The molecule has 0 atom stereocenters. The number of nitrogens with zero attached hydrogens (tertiary/aromatic N) is 2. The zero-order chi connectivity index (χ0) is 18.5. The molecule has 0 saturated carbocycles. The van der Waals surface area contributed by atoms with Crippen molar-refractivity contribution < 1.29 is 5.11 Å². The number of likely N-dealkylation sites (N-methyl/N-ethyl adjacent to an activating group) is 1. The fourth-order valence-electron chi connectivity index (χ4n) is 3.15. The van der Waals surface area contributed by atoms with Gasteiger partial charge in [0.05, 0.1) is 12.3 Å². The van der Waals surface area contributed by atoms with E-state index in [0.717, 1.165) is 47.5 Å². The molecule has 1 aliphatic rings. The van der Waals surface area contributed by atoms with Crippen LogP contribution in [0.3, 0.4) is 0 Å². The van der Waals surface area contributed by atoms with Crippen molar-refractivity contribution >= 4 is 11.5 Å². The van der Waals surface area contributed by atoms with Crippen molar-refractivity contribution in [2.75, 3.05) is 27.2 Å². The quantitative estimate of drug-likeness (QED) is 0.572. The molecule has 3 rings (SSSR count). The van der Waals surface area contributed by atoms with Crippen LogP contribution in [0.25, 0.3) is 11.1 Å². The van der Waals surface area contributed by atoms with E-state index in [9.17, 15) is 0 Å². The fraction of sp³-hybridized carbons (Fsp3) is 0.286. The Morgan fingerprint density at radius 3 is 2.31 bits per heavy atom. The molecule has 4 N–H and O–H groups in total. The molecule has 5 heteroatoms. The third-order valence-electron chi connectivity index (χ3n) is 4.73. The van der Waals surface area contributed by atoms with E-state index in [0.29, 0.717) is 5.84 Å². The summed E-state index contributed by atoms with van der Waals surface area (Å²) in [6.45, 7) is 1.89. The lowest BCUT2D eigenvalue weighted by molar-refractivity contribution is 0.282. The highest BCUT2D eigenvalue weighted by Crippen LogP contribution is 2.24. The van der Waals surface area contributed by atoms with Gasteiger partial charge >= 0.3 is 0 Å². The molecule has 0 spiro atoms. The van der Waals surface area contributed by atoms with Crippen molar-refractivity contribution in [2.45, 2.75) is 13.0 Å². The third-order valence-corrected chi connectivity index (χ3v) is 4.73. The molecule has 1 heterocycles. The average Bonchev–Trinajstić information content (AvgIpc) is 2.68. The van der Waals surface area contributed by atoms with E-state index >= 15 is 0 Å². The maximum absolute atomic E-state index is 9.14. The molecular weight excluding hydrogens is 324 g/mol. The van der Waals surface area contributed by atoms with E-state index in [2.05, 4.69) is 22.3 Å². The van der Waals surface area contributed by atoms with Gasteiger partial charge in [-0.25, -0.2) is 4.99 Å². The lowest BCUT2D eigenvalue weighted by atomic mass is 10.0. The SMILES string of the molecule is CNC1=C(C(N)=Nc2ccc(-c3ccc(CO)cc3)cc2)CN(C)CC1. The topological polar surface area (TPSA) is 73.9 Å². The van der Waals surface area contributed by atoms with Gasteiger partial charge in [-0.3, -0.25) is 0 Å². The van der Waals surface area contributed by atoms with Crippen LogP contribution in [-0.4, -0.2) is 43.0 Å². The first-order valence-corrected chi connectivity index (χ1v) is 8.84. The summed E-state index contributed by atoms with van der Waals surface area (Å²) in [6.07, 6.45) is 0.960. The van der Waals surface area contributed by atoms with Crippen LogP contribution in [0.1, 0.15) is 12.0 Å². The summed E-state index contributed by atoms with van der Waals surface area (Å²) >= 11 is 0. The van der Waals surface area contributed by atoms with Crippen LogP contribution in [0, 0.1) is 0 Å². The van der Waals surface area contributed by atoms with Crippen LogP contribution in [0.4, 0.5) is 5.69 Å². The number of aliphatic imine (C=N–C) groups is 1. The number of benzene rings is 2. The molecule has 0 amide bonds. The monoisotopic (exact) mass is 350 g/mol. The second-order valence-corrected chi connectivity index (χ2v) is 6.59. The molecule has 2 aromatic carbocycles. The van der Waals surface area contributed by atoms with Crippen LogP contribution in [0.15, 0.2) is 64.8 Å². The summed E-state index contributed by atoms with van der Waals surface area (Å²) in [5.41, 5.74) is 12.5. The second kappa shape index (κ2) is 8.17. The fourth-order valence-corrected chi connectivity index (χ4v) is 3.15. The zero-order valence-electron chi connectivity index (χ0n) is 15.4. The Balaban J connectivity index is 1.81. The summed E-state index contributed by atoms with van der Waals surface area (Å²) < 4.78 is 0. The summed E-state index contributed by atoms with van der Waals surface area (Å²) in [6, 6.07) is 15.9. The van der Waals surface area contributed by atoms with Gasteiger partial charge in [-0.15, -0.1) is 0 Å². The van der Waals surface area contributed by atoms with Gasteiger partial charge in [-0.1, -0.05) is 36.4 Å². The molecule has 0 bridgehead atoms. The standard InChI is InChI=1S/C21H26N4O/c1-23-20-11-12-25(2)13-19(20)21(22)24-18-9-7-17(8-10-18)16-5-3-15(14-26)4-6-16/h3-10,23,26H,11-14H2,1-2H3,(H2,22,24). The number of nitrogens with two attached hydrogens (primary N) is 1. The first-order chi connectivity index (χ1) is 12.6. The van der Waals surface area contributed by atoms with Crippen molar-refractivity contribution in [1.29, 1.82) is 0 Å². The summed E-state index contributed by atoms with van der Waals surface area (Å²) in [5, 5.41) is 12.4. The zero-order valence-corrected chi connectivity index (χ0v) is 15.4. The van der Waals surface area contributed by atoms with Gasteiger partial charge in [0, 0.05) is 37.8 Å². The first kappa shape index (κ1) is 18.2. The minimum atomic E-state index is 0.0624. The van der Waals surface area contributed by atoms with Gasteiger partial charge < -0.3 is 21.1 Å². The number of hydrogen-bond donors (Lipinski definition) is 3. The van der Waals surface area contributed by atoms with Crippen LogP contribution in [-0.2, 0) is 6.61 Å². The largest absolute Gasteiger partial charge is 0.392 e. The Bertz CT molecular complexity index is 807. The minimum absolute atomic E-state index is 0.0624. The maximum atomic E-state index is 9.14. The molecule has 136 valence electrons. The minimum Gasteiger partial charge on any atom is -0.392 e. The van der Waals surface area contributed by atoms with Gasteiger partial charge in [-0.2, -0.15) is 0 Å². The van der Waals surface area contributed by atoms with Crippen molar-refractivity contribution in [3.05, 3.63) is 65.4 Å². The van der Waals surface area contributed by atoms with Crippen molar-refractivity contribution in [1.82, 2.24) is 10.2 Å². The smallest absolute Gasteiger partial charge is 0.130 e. The molecule has 1 aliphatic heterocycles. The molecule has 5 nitrogen and oxygen atoms in total. The van der Waals surface area contributed by atoms with E-state index in [4.69, 9.17) is 10.8 Å². The van der Waals surface area contributed by atoms with Gasteiger partial charge in [-0.05, 0) is 35.9 Å². The predicted molar refractivity (Wildman–Crippen MR) is 107 cm³/mol. The Morgan fingerprint density at radius 2 is 1.73 bits per heavy atom. The first-order valence-electron chi connectivity index (χ1n) is 8.84. The molecule has 0 aromatic heterocycles. The highest BCUT2D eigenvalue weighted by molar-refractivity contribution is 5.99. The number of rotatable bonds is 5. The van der Waals surface area contributed by atoms with E-state index in [1.165, 1.54) is 5.70 Å². The molecule has 0 radical (unpaired) electrons. The summed E-state index contributed by atoms with van der Waals surface area (Å²) in [7, 11) is 4.03. The van der Waals surface area contributed by atoms with E-state index < -0.39 is 0 Å². The van der Waals surface area contributed by atoms with Crippen LogP contribution in [0.2, 0.25) is 0 Å². The molecular formula is C21H26N4O. The summed E-state index contributed by atoms with van der Waals surface area (Å²) in [4.78, 5) is 6.86. The average molecular weight is 350 g/mol. The predicted octanol–water partition coefficient (Wildman–Crippen LogP) is 2.64. The highest BCUT2D eigenvalue weighted by atomic mass is 16.3. The Labute approximate surface area is 154 Å². The number of amidine groups is 1. The van der Waals surface area contributed by atoms with E-state index in [1.807, 2.05) is 55.6 Å². The second-order valence-electron chi connectivity index (χ2n) is 6.59. The van der Waals surface area contributed by atoms with E-state index in [-0.39, 0.29) is 6.61 Å². The molecule has 2 aromatic rings. The Morgan fingerprint density at radius 1 is 1.12 bits per heavy atom. The normalized spacial score (nSPS) is 16.0. The van der Waals surface area contributed by atoms with Crippen molar-refractivity contribution in [3.63, 3.8) is 0 Å². The summed E-state index contributed by atoms with van der Waals surface area (Å²) in [5.74, 6) is 0.570. The van der Waals surface area contributed by atoms with Crippen molar-refractivity contribution in [3.8, 4) is 11.1 Å².